The summed E-state index contributed by atoms with van der Waals surface area (Å²) in [5, 5.41) is 2.71. The molecule has 1 atom stereocenters. The Morgan fingerprint density at radius 3 is 3.11 bits per heavy atom. The second kappa shape index (κ2) is 5.59. The van der Waals surface area contributed by atoms with E-state index in [9.17, 15) is 4.79 Å². The zero-order valence-corrected chi connectivity index (χ0v) is 10.6. The largest absolute Gasteiger partial charge is 0.359 e. The van der Waals surface area contributed by atoms with Gasteiger partial charge in [-0.1, -0.05) is 24.1 Å². The first-order chi connectivity index (χ1) is 8.72. The van der Waals surface area contributed by atoms with Crippen molar-refractivity contribution in [1.82, 2.24) is 5.32 Å². The Hall–Kier alpha value is -1.95. The summed E-state index contributed by atoms with van der Waals surface area (Å²) >= 11 is 0. The molecule has 1 amide bonds. The van der Waals surface area contributed by atoms with E-state index in [1.54, 1.807) is 0 Å². The van der Waals surface area contributed by atoms with Gasteiger partial charge in [0.1, 0.15) is 0 Å². The first-order valence-corrected chi connectivity index (χ1v) is 6.27. The van der Waals surface area contributed by atoms with Gasteiger partial charge in [0.05, 0.1) is 13.1 Å². The van der Waals surface area contributed by atoms with Crippen LogP contribution in [-0.2, 0) is 11.2 Å². The highest BCUT2D eigenvalue weighted by molar-refractivity contribution is 5.82. The first-order valence-electron chi connectivity index (χ1n) is 6.27. The number of hydrogen-bond donors (Lipinski definition) is 1. The predicted octanol–water partition coefficient (Wildman–Crippen LogP) is 1.58. The Bertz CT molecular complexity index is 476. The van der Waals surface area contributed by atoms with Crippen molar-refractivity contribution in [2.45, 2.75) is 25.8 Å². The summed E-state index contributed by atoms with van der Waals surface area (Å²) in [6, 6.07) is 8.67. The van der Waals surface area contributed by atoms with E-state index in [0.29, 0.717) is 19.1 Å². The van der Waals surface area contributed by atoms with E-state index in [-0.39, 0.29) is 5.91 Å². The van der Waals surface area contributed by atoms with Crippen LogP contribution >= 0.6 is 0 Å². The standard InChI is InChI=1S/C15H18N2O/c1-3-10-16-15(18)11-17-12(2)8-9-13-6-4-5-7-14(13)17/h1,4-7,12H,8-11H2,2H3,(H,16,18)/t12-/m1/s1. The average Bonchev–Trinajstić information content (AvgIpc) is 2.40. The molecule has 2 rings (SSSR count). The summed E-state index contributed by atoms with van der Waals surface area (Å²) in [6.07, 6.45) is 7.30. The Morgan fingerprint density at radius 2 is 2.33 bits per heavy atom. The highest BCUT2D eigenvalue weighted by Crippen LogP contribution is 2.29. The lowest BCUT2D eigenvalue weighted by Gasteiger charge is -2.36. The molecule has 1 aromatic carbocycles. The van der Waals surface area contributed by atoms with Gasteiger partial charge < -0.3 is 10.2 Å². The van der Waals surface area contributed by atoms with Crippen LogP contribution in [-0.4, -0.2) is 25.0 Å². The van der Waals surface area contributed by atoms with Crippen LogP contribution in [0.4, 0.5) is 5.69 Å². The van der Waals surface area contributed by atoms with E-state index < -0.39 is 0 Å². The van der Waals surface area contributed by atoms with Crippen LogP contribution < -0.4 is 10.2 Å². The Kier molecular flexibility index (Phi) is 3.88. The fraction of sp³-hybridized carbons (Fsp3) is 0.400. The van der Waals surface area contributed by atoms with E-state index >= 15 is 0 Å². The zero-order chi connectivity index (χ0) is 13.0. The van der Waals surface area contributed by atoms with E-state index in [2.05, 4.69) is 35.2 Å². The minimum atomic E-state index is -0.0171. The average molecular weight is 242 g/mol. The number of terminal acetylenes is 1. The van der Waals surface area contributed by atoms with Gasteiger partial charge in [-0.25, -0.2) is 0 Å². The highest BCUT2D eigenvalue weighted by atomic mass is 16.2. The number of rotatable bonds is 3. The number of para-hydroxylation sites is 1. The maximum absolute atomic E-state index is 11.8. The Labute approximate surface area is 108 Å². The number of aryl methyl sites for hydroxylation is 1. The van der Waals surface area contributed by atoms with Crippen LogP contribution in [0.3, 0.4) is 0 Å². The summed E-state index contributed by atoms with van der Waals surface area (Å²) in [6.45, 7) is 2.83. The van der Waals surface area contributed by atoms with Crippen molar-refractivity contribution >= 4 is 11.6 Å². The van der Waals surface area contributed by atoms with Gasteiger partial charge in [-0.2, -0.15) is 0 Å². The van der Waals surface area contributed by atoms with Crippen molar-refractivity contribution in [3.05, 3.63) is 29.8 Å². The maximum atomic E-state index is 11.8. The number of nitrogens with zero attached hydrogens (tertiary/aromatic N) is 1. The third-order valence-corrected chi connectivity index (χ3v) is 3.37. The molecular weight excluding hydrogens is 224 g/mol. The third-order valence-electron chi connectivity index (χ3n) is 3.37. The molecule has 1 aromatic rings. The van der Waals surface area contributed by atoms with Gasteiger partial charge in [-0.3, -0.25) is 4.79 Å². The summed E-state index contributed by atoms with van der Waals surface area (Å²) in [7, 11) is 0. The van der Waals surface area contributed by atoms with Crippen molar-refractivity contribution in [3.8, 4) is 12.3 Å². The third kappa shape index (κ3) is 2.65. The predicted molar refractivity (Wildman–Crippen MR) is 73.4 cm³/mol. The highest BCUT2D eigenvalue weighted by Gasteiger charge is 2.24. The molecule has 0 bridgehead atoms. The van der Waals surface area contributed by atoms with Gasteiger partial charge in [0.25, 0.3) is 0 Å². The van der Waals surface area contributed by atoms with Gasteiger partial charge in [0, 0.05) is 11.7 Å². The Morgan fingerprint density at radius 1 is 1.56 bits per heavy atom. The number of nitrogens with one attached hydrogen (secondary N) is 1. The van der Waals surface area contributed by atoms with E-state index in [1.807, 2.05) is 12.1 Å². The number of carbonyl (C=O) groups is 1. The molecule has 3 nitrogen and oxygen atoms in total. The molecule has 0 aromatic heterocycles. The molecule has 1 N–H and O–H groups in total. The topological polar surface area (TPSA) is 32.3 Å². The fourth-order valence-electron chi connectivity index (χ4n) is 2.36. The number of anilines is 1. The summed E-state index contributed by atoms with van der Waals surface area (Å²) in [5.41, 5.74) is 2.49. The van der Waals surface area contributed by atoms with Crippen LogP contribution in [0, 0.1) is 12.3 Å². The molecule has 0 spiro atoms. The lowest BCUT2D eigenvalue weighted by atomic mass is 9.97. The summed E-state index contributed by atoms with van der Waals surface area (Å²) < 4.78 is 0. The molecule has 0 saturated carbocycles. The quantitative estimate of drug-likeness (QED) is 0.816. The van der Waals surface area contributed by atoms with Crippen LogP contribution in [0.5, 0.6) is 0 Å². The molecule has 0 radical (unpaired) electrons. The minimum Gasteiger partial charge on any atom is -0.359 e. The van der Waals surface area contributed by atoms with Gasteiger partial charge in [-0.05, 0) is 31.4 Å². The van der Waals surface area contributed by atoms with Crippen molar-refractivity contribution in [2.24, 2.45) is 0 Å². The second-order valence-corrected chi connectivity index (χ2v) is 4.63. The fourth-order valence-corrected chi connectivity index (χ4v) is 2.36. The zero-order valence-electron chi connectivity index (χ0n) is 10.6. The second-order valence-electron chi connectivity index (χ2n) is 4.63. The molecule has 1 aliphatic rings. The molecule has 0 aliphatic carbocycles. The van der Waals surface area contributed by atoms with Crippen LogP contribution in [0.1, 0.15) is 18.9 Å². The van der Waals surface area contributed by atoms with Gasteiger partial charge >= 0.3 is 0 Å². The number of fused-ring (bicyclic) bond motifs is 1. The van der Waals surface area contributed by atoms with Crippen LogP contribution in [0.2, 0.25) is 0 Å². The molecule has 1 heterocycles. The minimum absolute atomic E-state index is 0.0171. The summed E-state index contributed by atoms with van der Waals surface area (Å²) in [5.74, 6) is 2.40. The Balaban J connectivity index is 2.12. The number of carbonyl (C=O) groups excluding carboxylic acids is 1. The van der Waals surface area contributed by atoms with Crippen LogP contribution in [0.15, 0.2) is 24.3 Å². The lowest BCUT2D eigenvalue weighted by Crippen LogP contribution is -2.44. The van der Waals surface area contributed by atoms with Crippen LogP contribution in [0.25, 0.3) is 0 Å². The van der Waals surface area contributed by atoms with Crippen molar-refractivity contribution in [2.75, 3.05) is 18.0 Å². The van der Waals surface area contributed by atoms with Gasteiger partial charge in [0.15, 0.2) is 0 Å². The molecule has 0 fully saturated rings. The number of benzene rings is 1. The van der Waals surface area contributed by atoms with Gasteiger partial charge in [-0.15, -0.1) is 6.42 Å². The lowest BCUT2D eigenvalue weighted by molar-refractivity contribution is -0.119. The van der Waals surface area contributed by atoms with Crippen molar-refractivity contribution < 1.29 is 4.79 Å². The van der Waals surface area contributed by atoms with Crippen molar-refractivity contribution in [3.63, 3.8) is 0 Å². The first kappa shape index (κ1) is 12.5. The molecule has 0 unspecified atom stereocenters. The SMILES string of the molecule is C#CCNC(=O)CN1c2ccccc2CC[C@H]1C. The monoisotopic (exact) mass is 242 g/mol. The van der Waals surface area contributed by atoms with Gasteiger partial charge in [0.2, 0.25) is 5.91 Å². The number of hydrogen-bond acceptors (Lipinski definition) is 2. The van der Waals surface area contributed by atoms with E-state index in [0.717, 1.165) is 12.8 Å². The van der Waals surface area contributed by atoms with E-state index in [1.165, 1.54) is 11.3 Å². The molecule has 94 valence electrons. The molecule has 18 heavy (non-hydrogen) atoms. The van der Waals surface area contributed by atoms with E-state index in [4.69, 9.17) is 6.42 Å². The normalized spacial score (nSPS) is 17.8. The molecule has 1 aliphatic heterocycles. The maximum Gasteiger partial charge on any atom is 0.240 e. The molecule has 0 saturated heterocycles. The smallest absolute Gasteiger partial charge is 0.240 e. The molecule has 3 heteroatoms. The summed E-state index contributed by atoms with van der Waals surface area (Å²) in [4.78, 5) is 13.9. The van der Waals surface area contributed by atoms with Crippen molar-refractivity contribution in [1.29, 1.82) is 0 Å². The molecular formula is C15H18N2O. The number of amides is 1.